The normalized spacial score (nSPS) is 14.8. The van der Waals surface area contributed by atoms with Gasteiger partial charge in [0.15, 0.2) is 0 Å². The van der Waals surface area contributed by atoms with Gasteiger partial charge >= 0.3 is 0 Å². The summed E-state index contributed by atoms with van der Waals surface area (Å²) in [6, 6.07) is 18.1. The molecule has 20 heavy (non-hydrogen) atoms. The molecule has 0 aromatic heterocycles. The molecule has 1 aliphatic rings. The summed E-state index contributed by atoms with van der Waals surface area (Å²) in [6.45, 7) is 2.25. The highest BCUT2D eigenvalue weighted by Gasteiger charge is 2.13. The van der Waals surface area contributed by atoms with E-state index in [1.807, 2.05) is 0 Å². The van der Waals surface area contributed by atoms with Crippen molar-refractivity contribution in [1.29, 1.82) is 0 Å². The molecule has 0 saturated carbocycles. The molecule has 2 aromatic rings. The molecule has 0 spiro atoms. The van der Waals surface area contributed by atoms with Crippen LogP contribution in [-0.4, -0.2) is 0 Å². The largest absolute Gasteiger partial charge is 0.378 e. The minimum atomic E-state index is 0.417. The van der Waals surface area contributed by atoms with E-state index in [2.05, 4.69) is 60.8 Å². The second kappa shape index (κ2) is 6.13. The first-order chi connectivity index (χ1) is 9.86. The van der Waals surface area contributed by atoms with E-state index in [-0.39, 0.29) is 0 Å². The smallest absolute Gasteiger partial charge is 0.0513 e. The van der Waals surface area contributed by atoms with Crippen molar-refractivity contribution >= 4 is 5.69 Å². The molecule has 3 rings (SSSR count). The Morgan fingerprint density at radius 2 is 1.80 bits per heavy atom. The molecule has 1 aliphatic carbocycles. The fourth-order valence-electron chi connectivity index (χ4n) is 3.16. The van der Waals surface area contributed by atoms with Crippen molar-refractivity contribution in [3.05, 3.63) is 65.2 Å². The standard InChI is InChI=1S/C19H23N/c1-2-7-19(16-8-4-3-5-9-16)20-18-13-12-15-10-6-11-17(15)14-18/h3-5,8-9,12-14,19-20H,2,6-7,10-11H2,1H3. The number of benzene rings is 2. The number of nitrogens with one attached hydrogen (secondary N) is 1. The quantitative estimate of drug-likeness (QED) is 0.790. The van der Waals surface area contributed by atoms with Gasteiger partial charge in [0.05, 0.1) is 6.04 Å². The number of hydrogen-bond donors (Lipinski definition) is 1. The van der Waals surface area contributed by atoms with E-state index in [9.17, 15) is 0 Å². The van der Waals surface area contributed by atoms with Crippen LogP contribution in [0.15, 0.2) is 48.5 Å². The zero-order valence-electron chi connectivity index (χ0n) is 12.2. The second-order valence-corrected chi connectivity index (χ2v) is 5.73. The molecular formula is C19H23N. The third-order valence-electron chi connectivity index (χ3n) is 4.22. The third-order valence-corrected chi connectivity index (χ3v) is 4.22. The molecule has 0 saturated heterocycles. The summed E-state index contributed by atoms with van der Waals surface area (Å²) in [4.78, 5) is 0. The van der Waals surface area contributed by atoms with Gasteiger partial charge in [0, 0.05) is 5.69 Å². The average Bonchev–Trinajstić information content (AvgIpc) is 2.95. The second-order valence-electron chi connectivity index (χ2n) is 5.73. The molecule has 1 N–H and O–H groups in total. The Morgan fingerprint density at radius 3 is 2.60 bits per heavy atom. The predicted octanol–water partition coefficient (Wildman–Crippen LogP) is 5.13. The molecule has 0 amide bonds. The van der Waals surface area contributed by atoms with Crippen molar-refractivity contribution in [2.75, 3.05) is 5.32 Å². The summed E-state index contributed by atoms with van der Waals surface area (Å²) in [6.07, 6.45) is 6.18. The van der Waals surface area contributed by atoms with Gasteiger partial charge in [-0.05, 0) is 54.5 Å². The highest BCUT2D eigenvalue weighted by atomic mass is 14.9. The van der Waals surface area contributed by atoms with Gasteiger partial charge in [-0.25, -0.2) is 0 Å². The van der Waals surface area contributed by atoms with Gasteiger partial charge in [0.25, 0.3) is 0 Å². The van der Waals surface area contributed by atoms with E-state index in [4.69, 9.17) is 0 Å². The maximum atomic E-state index is 3.73. The first-order valence-corrected chi connectivity index (χ1v) is 7.80. The van der Waals surface area contributed by atoms with Gasteiger partial charge in [-0.3, -0.25) is 0 Å². The lowest BCUT2D eigenvalue weighted by Crippen LogP contribution is -2.10. The summed E-state index contributed by atoms with van der Waals surface area (Å²) < 4.78 is 0. The lowest BCUT2D eigenvalue weighted by molar-refractivity contribution is 0.677. The number of aryl methyl sites for hydroxylation is 2. The van der Waals surface area contributed by atoms with Gasteiger partial charge in [-0.2, -0.15) is 0 Å². The fraction of sp³-hybridized carbons (Fsp3) is 0.368. The van der Waals surface area contributed by atoms with Crippen molar-refractivity contribution in [1.82, 2.24) is 0 Å². The van der Waals surface area contributed by atoms with E-state index in [0.29, 0.717) is 6.04 Å². The summed E-state index contributed by atoms with van der Waals surface area (Å²) >= 11 is 0. The maximum Gasteiger partial charge on any atom is 0.0513 e. The van der Waals surface area contributed by atoms with Gasteiger partial charge in [0.1, 0.15) is 0 Å². The Balaban J connectivity index is 1.80. The molecule has 2 aromatic carbocycles. The molecule has 0 radical (unpaired) electrons. The van der Waals surface area contributed by atoms with Crippen LogP contribution in [0.25, 0.3) is 0 Å². The van der Waals surface area contributed by atoms with Crippen LogP contribution in [0.4, 0.5) is 5.69 Å². The van der Waals surface area contributed by atoms with Crippen molar-refractivity contribution in [3.63, 3.8) is 0 Å². The van der Waals surface area contributed by atoms with Gasteiger partial charge in [-0.15, -0.1) is 0 Å². The van der Waals surface area contributed by atoms with Crippen LogP contribution in [0.3, 0.4) is 0 Å². The number of rotatable bonds is 5. The Hall–Kier alpha value is -1.76. The molecule has 104 valence electrons. The Bertz CT molecular complexity index is 559. The van der Waals surface area contributed by atoms with E-state index < -0.39 is 0 Å². The third kappa shape index (κ3) is 2.87. The van der Waals surface area contributed by atoms with Crippen molar-refractivity contribution in [2.45, 2.75) is 45.1 Å². The van der Waals surface area contributed by atoms with E-state index in [0.717, 1.165) is 0 Å². The average molecular weight is 265 g/mol. The molecule has 1 unspecified atom stereocenters. The minimum absolute atomic E-state index is 0.417. The lowest BCUT2D eigenvalue weighted by Gasteiger charge is -2.20. The first-order valence-electron chi connectivity index (χ1n) is 7.80. The van der Waals surface area contributed by atoms with Crippen molar-refractivity contribution in [2.24, 2.45) is 0 Å². The molecular weight excluding hydrogens is 242 g/mol. The van der Waals surface area contributed by atoms with Gasteiger partial charge in [0.2, 0.25) is 0 Å². The maximum absolute atomic E-state index is 3.73. The van der Waals surface area contributed by atoms with Crippen molar-refractivity contribution in [3.8, 4) is 0 Å². The van der Waals surface area contributed by atoms with Crippen LogP contribution < -0.4 is 5.32 Å². The molecule has 1 atom stereocenters. The molecule has 1 heteroatoms. The molecule has 1 nitrogen and oxygen atoms in total. The molecule has 0 aliphatic heterocycles. The van der Waals surface area contributed by atoms with Gasteiger partial charge in [-0.1, -0.05) is 49.7 Å². The van der Waals surface area contributed by atoms with Gasteiger partial charge < -0.3 is 5.32 Å². The lowest BCUT2D eigenvalue weighted by atomic mass is 10.0. The van der Waals surface area contributed by atoms with Crippen LogP contribution in [0.5, 0.6) is 0 Å². The first kappa shape index (κ1) is 13.2. The SMILES string of the molecule is CCCC(Nc1ccc2c(c1)CCC2)c1ccccc1. The molecule has 0 fully saturated rings. The summed E-state index contributed by atoms with van der Waals surface area (Å²) in [5, 5.41) is 3.73. The summed E-state index contributed by atoms with van der Waals surface area (Å²) in [5.41, 5.74) is 5.74. The highest BCUT2D eigenvalue weighted by molar-refractivity contribution is 5.51. The summed E-state index contributed by atoms with van der Waals surface area (Å²) in [7, 11) is 0. The predicted molar refractivity (Wildman–Crippen MR) is 86.2 cm³/mol. The summed E-state index contributed by atoms with van der Waals surface area (Å²) in [5.74, 6) is 0. The van der Waals surface area contributed by atoms with Crippen LogP contribution in [0, 0.1) is 0 Å². The van der Waals surface area contributed by atoms with Crippen LogP contribution in [0.1, 0.15) is 48.9 Å². The van der Waals surface area contributed by atoms with Crippen LogP contribution in [0.2, 0.25) is 0 Å². The Labute approximate surface area is 122 Å². The van der Waals surface area contributed by atoms with E-state index in [1.165, 1.54) is 43.4 Å². The Morgan fingerprint density at radius 1 is 1.00 bits per heavy atom. The zero-order valence-corrected chi connectivity index (χ0v) is 12.2. The van der Waals surface area contributed by atoms with E-state index in [1.54, 1.807) is 11.1 Å². The topological polar surface area (TPSA) is 12.0 Å². The van der Waals surface area contributed by atoms with Crippen molar-refractivity contribution < 1.29 is 0 Å². The number of hydrogen-bond acceptors (Lipinski definition) is 1. The zero-order chi connectivity index (χ0) is 13.8. The minimum Gasteiger partial charge on any atom is -0.378 e. The molecule has 0 bridgehead atoms. The van der Waals surface area contributed by atoms with Crippen LogP contribution >= 0.6 is 0 Å². The fourth-order valence-corrected chi connectivity index (χ4v) is 3.16. The number of anilines is 1. The monoisotopic (exact) mass is 265 g/mol. The van der Waals surface area contributed by atoms with E-state index >= 15 is 0 Å². The Kier molecular flexibility index (Phi) is 4.05. The molecule has 0 heterocycles. The van der Waals surface area contributed by atoms with Crippen LogP contribution in [-0.2, 0) is 12.8 Å². The number of fused-ring (bicyclic) bond motifs is 1. The highest BCUT2D eigenvalue weighted by Crippen LogP contribution is 2.28.